The molecule has 1 fully saturated rings. The van der Waals surface area contributed by atoms with Gasteiger partial charge in [0.15, 0.2) is 0 Å². The molecule has 0 atom stereocenters. The van der Waals surface area contributed by atoms with E-state index in [0.717, 1.165) is 25.3 Å². The summed E-state index contributed by atoms with van der Waals surface area (Å²) < 4.78 is 2.32. The van der Waals surface area contributed by atoms with E-state index >= 15 is 0 Å². The minimum absolute atomic E-state index is 0.504. The Balaban J connectivity index is 1.77. The molecular formula is C17H26N4. The van der Waals surface area contributed by atoms with Gasteiger partial charge in [-0.05, 0) is 43.6 Å². The number of nitrogens with one attached hydrogen (secondary N) is 1. The molecule has 114 valence electrons. The van der Waals surface area contributed by atoms with Crippen LogP contribution in [-0.2, 0) is 13.1 Å². The largest absolute Gasteiger partial charge is 0.331 e. The number of pyridine rings is 1. The Kier molecular flexibility index (Phi) is 4.56. The van der Waals surface area contributed by atoms with E-state index in [-0.39, 0.29) is 0 Å². The molecule has 0 aromatic carbocycles. The SMILES string of the molecule is CC(C)NCc1cn(CCN2CCCC2)c2ncccc12. The van der Waals surface area contributed by atoms with Gasteiger partial charge in [0, 0.05) is 43.5 Å². The Hall–Kier alpha value is -1.39. The molecule has 0 bridgehead atoms. The zero-order valence-electron chi connectivity index (χ0n) is 13.2. The first-order chi connectivity index (χ1) is 10.2. The summed E-state index contributed by atoms with van der Waals surface area (Å²) in [6.45, 7) is 9.97. The van der Waals surface area contributed by atoms with Crippen LogP contribution in [0.15, 0.2) is 24.5 Å². The summed E-state index contributed by atoms with van der Waals surface area (Å²) in [5.41, 5.74) is 2.48. The van der Waals surface area contributed by atoms with Gasteiger partial charge in [0.1, 0.15) is 5.65 Å². The lowest BCUT2D eigenvalue weighted by Gasteiger charge is -2.15. The highest BCUT2D eigenvalue weighted by Crippen LogP contribution is 2.20. The molecule has 1 aliphatic heterocycles. The predicted molar refractivity (Wildman–Crippen MR) is 87.4 cm³/mol. The van der Waals surface area contributed by atoms with Crippen LogP contribution in [0.5, 0.6) is 0 Å². The third-order valence-electron chi connectivity index (χ3n) is 4.27. The Labute approximate surface area is 127 Å². The molecule has 0 unspecified atom stereocenters. The van der Waals surface area contributed by atoms with Gasteiger partial charge in [-0.1, -0.05) is 13.8 Å². The van der Waals surface area contributed by atoms with Crippen molar-refractivity contribution in [2.45, 2.75) is 45.8 Å². The van der Waals surface area contributed by atoms with E-state index in [1.807, 2.05) is 12.3 Å². The molecule has 4 heteroatoms. The van der Waals surface area contributed by atoms with Crippen molar-refractivity contribution in [1.82, 2.24) is 19.8 Å². The normalized spacial score (nSPS) is 16.3. The van der Waals surface area contributed by atoms with Crippen LogP contribution in [0.3, 0.4) is 0 Å². The van der Waals surface area contributed by atoms with E-state index in [9.17, 15) is 0 Å². The van der Waals surface area contributed by atoms with Crippen molar-refractivity contribution in [3.05, 3.63) is 30.1 Å². The standard InChI is InChI=1S/C17H26N4/c1-14(2)19-12-15-13-21(11-10-20-8-3-4-9-20)17-16(15)6-5-7-18-17/h5-7,13-14,19H,3-4,8-12H2,1-2H3. The van der Waals surface area contributed by atoms with Crippen molar-refractivity contribution < 1.29 is 0 Å². The summed E-state index contributed by atoms with van der Waals surface area (Å²) in [4.78, 5) is 7.15. The third kappa shape index (κ3) is 3.44. The van der Waals surface area contributed by atoms with Crippen LogP contribution in [-0.4, -0.2) is 40.1 Å². The number of likely N-dealkylation sites (tertiary alicyclic amines) is 1. The van der Waals surface area contributed by atoms with Crippen molar-refractivity contribution >= 4 is 11.0 Å². The second kappa shape index (κ2) is 6.58. The molecule has 0 radical (unpaired) electrons. The highest BCUT2D eigenvalue weighted by atomic mass is 15.2. The molecule has 0 saturated carbocycles. The van der Waals surface area contributed by atoms with E-state index in [1.54, 1.807) is 0 Å². The zero-order valence-corrected chi connectivity index (χ0v) is 13.2. The lowest BCUT2D eigenvalue weighted by Crippen LogP contribution is -2.24. The number of hydrogen-bond donors (Lipinski definition) is 1. The van der Waals surface area contributed by atoms with Gasteiger partial charge in [-0.2, -0.15) is 0 Å². The predicted octanol–water partition coefficient (Wildman–Crippen LogP) is 2.63. The summed E-state index contributed by atoms with van der Waals surface area (Å²) in [7, 11) is 0. The Morgan fingerprint density at radius 3 is 2.81 bits per heavy atom. The summed E-state index contributed by atoms with van der Waals surface area (Å²) in [5, 5.41) is 4.80. The summed E-state index contributed by atoms with van der Waals surface area (Å²) in [6.07, 6.45) is 6.89. The van der Waals surface area contributed by atoms with Gasteiger partial charge in [0.25, 0.3) is 0 Å². The van der Waals surface area contributed by atoms with E-state index in [0.29, 0.717) is 6.04 Å². The average Bonchev–Trinajstić information content (AvgIpc) is 3.11. The molecule has 0 aliphatic carbocycles. The van der Waals surface area contributed by atoms with Crippen LogP contribution in [0, 0.1) is 0 Å². The molecule has 4 nitrogen and oxygen atoms in total. The van der Waals surface area contributed by atoms with Gasteiger partial charge in [-0.3, -0.25) is 0 Å². The minimum atomic E-state index is 0.504. The average molecular weight is 286 g/mol. The molecule has 3 rings (SSSR count). The number of nitrogens with zero attached hydrogens (tertiary/aromatic N) is 3. The number of aromatic nitrogens is 2. The molecule has 1 saturated heterocycles. The van der Waals surface area contributed by atoms with E-state index in [1.165, 1.54) is 36.9 Å². The molecular weight excluding hydrogens is 260 g/mol. The number of rotatable bonds is 6. The molecule has 2 aromatic heterocycles. The quantitative estimate of drug-likeness (QED) is 0.886. The number of hydrogen-bond acceptors (Lipinski definition) is 3. The topological polar surface area (TPSA) is 33.1 Å². The van der Waals surface area contributed by atoms with E-state index in [4.69, 9.17) is 0 Å². The first-order valence-corrected chi connectivity index (χ1v) is 8.12. The molecule has 1 N–H and O–H groups in total. The van der Waals surface area contributed by atoms with Crippen LogP contribution in [0.4, 0.5) is 0 Å². The summed E-state index contributed by atoms with van der Waals surface area (Å²) in [5.74, 6) is 0. The van der Waals surface area contributed by atoms with Gasteiger partial charge >= 0.3 is 0 Å². The maximum Gasteiger partial charge on any atom is 0.140 e. The monoisotopic (exact) mass is 286 g/mol. The van der Waals surface area contributed by atoms with Gasteiger partial charge in [-0.25, -0.2) is 4.98 Å². The first-order valence-electron chi connectivity index (χ1n) is 8.12. The van der Waals surface area contributed by atoms with E-state index < -0.39 is 0 Å². The first kappa shape index (κ1) is 14.5. The van der Waals surface area contributed by atoms with Gasteiger partial charge < -0.3 is 14.8 Å². The molecule has 0 spiro atoms. The van der Waals surface area contributed by atoms with Crippen molar-refractivity contribution in [3.63, 3.8) is 0 Å². The highest BCUT2D eigenvalue weighted by Gasteiger charge is 2.13. The maximum absolute atomic E-state index is 4.59. The fraction of sp³-hybridized carbons (Fsp3) is 0.588. The van der Waals surface area contributed by atoms with Crippen LogP contribution in [0.25, 0.3) is 11.0 Å². The van der Waals surface area contributed by atoms with Crippen LogP contribution in [0.1, 0.15) is 32.3 Å². The van der Waals surface area contributed by atoms with Crippen molar-refractivity contribution in [1.29, 1.82) is 0 Å². The third-order valence-corrected chi connectivity index (χ3v) is 4.27. The second-order valence-electron chi connectivity index (χ2n) is 6.31. The second-order valence-corrected chi connectivity index (χ2v) is 6.31. The minimum Gasteiger partial charge on any atom is -0.331 e. The highest BCUT2D eigenvalue weighted by molar-refractivity contribution is 5.80. The van der Waals surface area contributed by atoms with Crippen LogP contribution >= 0.6 is 0 Å². The van der Waals surface area contributed by atoms with E-state index in [2.05, 4.69) is 45.9 Å². The van der Waals surface area contributed by atoms with Crippen LogP contribution in [0.2, 0.25) is 0 Å². The van der Waals surface area contributed by atoms with Crippen LogP contribution < -0.4 is 5.32 Å². The Morgan fingerprint density at radius 1 is 1.24 bits per heavy atom. The summed E-state index contributed by atoms with van der Waals surface area (Å²) >= 11 is 0. The molecule has 2 aromatic rings. The lowest BCUT2D eigenvalue weighted by molar-refractivity contribution is 0.324. The fourth-order valence-electron chi connectivity index (χ4n) is 3.08. The van der Waals surface area contributed by atoms with Crippen molar-refractivity contribution in [2.75, 3.05) is 19.6 Å². The zero-order chi connectivity index (χ0) is 14.7. The lowest BCUT2D eigenvalue weighted by atomic mass is 10.2. The van der Waals surface area contributed by atoms with Gasteiger partial charge in [0.05, 0.1) is 0 Å². The fourth-order valence-corrected chi connectivity index (χ4v) is 3.08. The molecule has 3 heterocycles. The Morgan fingerprint density at radius 2 is 2.05 bits per heavy atom. The van der Waals surface area contributed by atoms with Crippen molar-refractivity contribution in [3.8, 4) is 0 Å². The van der Waals surface area contributed by atoms with Gasteiger partial charge in [0.2, 0.25) is 0 Å². The smallest absolute Gasteiger partial charge is 0.140 e. The summed E-state index contributed by atoms with van der Waals surface area (Å²) in [6, 6.07) is 4.72. The molecule has 0 amide bonds. The maximum atomic E-state index is 4.59. The van der Waals surface area contributed by atoms with Gasteiger partial charge in [-0.15, -0.1) is 0 Å². The molecule has 21 heavy (non-hydrogen) atoms. The Bertz CT molecular complexity index is 581. The molecule has 1 aliphatic rings. The van der Waals surface area contributed by atoms with Crippen molar-refractivity contribution in [2.24, 2.45) is 0 Å². The number of fused-ring (bicyclic) bond motifs is 1.